The lowest BCUT2D eigenvalue weighted by atomic mass is 9.97. The average molecular weight is 321 g/mol. The molecule has 0 aliphatic carbocycles. The molecule has 5 nitrogen and oxygen atoms in total. The molecule has 24 heavy (non-hydrogen) atoms. The van der Waals surface area contributed by atoms with Gasteiger partial charge in [0.25, 0.3) is 5.91 Å². The first-order valence-electron chi connectivity index (χ1n) is 8.29. The van der Waals surface area contributed by atoms with E-state index in [9.17, 15) is 4.79 Å². The van der Waals surface area contributed by atoms with Crippen molar-refractivity contribution in [3.8, 4) is 0 Å². The summed E-state index contributed by atoms with van der Waals surface area (Å²) in [5.74, 6) is 0.852. The van der Waals surface area contributed by atoms with E-state index in [-0.39, 0.29) is 11.8 Å². The summed E-state index contributed by atoms with van der Waals surface area (Å²) in [6.45, 7) is 3.28. The minimum absolute atomic E-state index is 0.0143. The molecule has 1 atom stereocenters. The molecule has 0 saturated carbocycles. The van der Waals surface area contributed by atoms with Gasteiger partial charge in [0.1, 0.15) is 11.2 Å². The molecule has 3 heterocycles. The molecule has 1 saturated heterocycles. The smallest absolute Gasteiger partial charge is 0.272 e. The van der Waals surface area contributed by atoms with Crippen molar-refractivity contribution in [2.75, 3.05) is 13.1 Å². The van der Waals surface area contributed by atoms with Crippen molar-refractivity contribution in [1.29, 1.82) is 0 Å². The summed E-state index contributed by atoms with van der Waals surface area (Å²) in [6.07, 6.45) is 1.93. The van der Waals surface area contributed by atoms with Crippen LogP contribution >= 0.6 is 0 Å². The number of aromatic nitrogens is 2. The lowest BCUT2D eigenvalue weighted by Gasteiger charge is -2.31. The number of hydrogen-bond donors (Lipinski definition) is 0. The fraction of sp³-hybridized carbons (Fsp3) is 0.316. The van der Waals surface area contributed by atoms with E-state index in [2.05, 4.69) is 9.97 Å². The molecule has 0 bridgehead atoms. The number of benzene rings is 1. The zero-order valence-electron chi connectivity index (χ0n) is 13.6. The lowest BCUT2D eigenvalue weighted by molar-refractivity contribution is 0.0692. The van der Waals surface area contributed by atoms with Gasteiger partial charge in [-0.05, 0) is 44.0 Å². The lowest BCUT2D eigenvalue weighted by Crippen LogP contribution is -2.39. The number of hydrogen-bond acceptors (Lipinski definition) is 4. The van der Waals surface area contributed by atoms with Gasteiger partial charge in [-0.1, -0.05) is 18.2 Å². The fourth-order valence-electron chi connectivity index (χ4n) is 3.25. The van der Waals surface area contributed by atoms with Gasteiger partial charge in [0.2, 0.25) is 0 Å². The maximum atomic E-state index is 12.7. The first-order chi connectivity index (χ1) is 11.7. The number of oxazole rings is 1. The Morgan fingerprint density at radius 1 is 1.17 bits per heavy atom. The van der Waals surface area contributed by atoms with Crippen LogP contribution in [0.5, 0.6) is 0 Å². The highest BCUT2D eigenvalue weighted by atomic mass is 16.3. The number of aryl methyl sites for hydroxylation is 1. The number of piperidine rings is 1. The summed E-state index contributed by atoms with van der Waals surface area (Å²) < 4.78 is 5.90. The molecule has 1 aliphatic rings. The van der Waals surface area contributed by atoms with E-state index in [0.717, 1.165) is 42.1 Å². The molecular weight excluding hydrogens is 302 g/mol. The first-order valence-corrected chi connectivity index (χ1v) is 8.29. The van der Waals surface area contributed by atoms with E-state index in [1.807, 2.05) is 48.2 Å². The van der Waals surface area contributed by atoms with Crippen LogP contribution in [-0.4, -0.2) is 33.9 Å². The van der Waals surface area contributed by atoms with Crippen LogP contribution in [0.4, 0.5) is 0 Å². The Morgan fingerprint density at radius 2 is 2.04 bits per heavy atom. The number of nitrogens with zero attached hydrogens (tertiary/aromatic N) is 3. The molecule has 2 aromatic heterocycles. The van der Waals surface area contributed by atoms with Crippen molar-refractivity contribution in [2.45, 2.75) is 25.7 Å². The highest BCUT2D eigenvalue weighted by molar-refractivity contribution is 5.92. The second-order valence-corrected chi connectivity index (χ2v) is 6.27. The SMILES string of the molecule is Cc1cccc(C(=O)N2CCCC(c3nc4ccccc4o3)C2)n1. The Labute approximate surface area is 140 Å². The average Bonchev–Trinajstić information content (AvgIpc) is 3.05. The Morgan fingerprint density at radius 3 is 2.88 bits per heavy atom. The molecule has 122 valence electrons. The van der Waals surface area contributed by atoms with E-state index in [0.29, 0.717) is 12.2 Å². The van der Waals surface area contributed by atoms with Crippen LogP contribution in [0.15, 0.2) is 46.9 Å². The molecule has 1 aromatic carbocycles. The van der Waals surface area contributed by atoms with E-state index in [1.165, 1.54) is 0 Å². The van der Waals surface area contributed by atoms with Gasteiger partial charge in [-0.2, -0.15) is 0 Å². The van der Waals surface area contributed by atoms with Crippen molar-refractivity contribution in [2.24, 2.45) is 0 Å². The topological polar surface area (TPSA) is 59.2 Å². The molecule has 4 rings (SSSR count). The largest absolute Gasteiger partial charge is 0.440 e. The number of carbonyl (C=O) groups is 1. The second-order valence-electron chi connectivity index (χ2n) is 6.27. The van der Waals surface area contributed by atoms with Crippen LogP contribution < -0.4 is 0 Å². The van der Waals surface area contributed by atoms with E-state index < -0.39 is 0 Å². The Kier molecular flexibility index (Phi) is 3.76. The summed E-state index contributed by atoms with van der Waals surface area (Å²) in [6, 6.07) is 13.3. The van der Waals surface area contributed by atoms with Gasteiger partial charge in [-0.15, -0.1) is 0 Å². The third-order valence-electron chi connectivity index (χ3n) is 4.48. The van der Waals surface area contributed by atoms with Crippen LogP contribution in [0.1, 0.15) is 40.8 Å². The Bertz CT molecular complexity index is 854. The Balaban J connectivity index is 1.56. The fourth-order valence-corrected chi connectivity index (χ4v) is 3.25. The highest BCUT2D eigenvalue weighted by Gasteiger charge is 2.29. The van der Waals surface area contributed by atoms with Crippen molar-refractivity contribution in [1.82, 2.24) is 14.9 Å². The van der Waals surface area contributed by atoms with Crippen molar-refractivity contribution in [3.05, 3.63) is 59.7 Å². The number of para-hydroxylation sites is 2. The number of fused-ring (bicyclic) bond motifs is 1. The first kappa shape index (κ1) is 14.9. The summed E-state index contributed by atoms with van der Waals surface area (Å²) in [7, 11) is 0. The quantitative estimate of drug-likeness (QED) is 0.724. The predicted molar refractivity (Wildman–Crippen MR) is 90.9 cm³/mol. The van der Waals surface area contributed by atoms with Crippen LogP contribution in [0.3, 0.4) is 0 Å². The molecule has 0 radical (unpaired) electrons. The molecular formula is C19H19N3O2. The number of rotatable bonds is 2. The minimum Gasteiger partial charge on any atom is -0.440 e. The summed E-state index contributed by atoms with van der Waals surface area (Å²) >= 11 is 0. The molecule has 3 aromatic rings. The van der Waals surface area contributed by atoms with Crippen LogP contribution in [0, 0.1) is 6.92 Å². The minimum atomic E-state index is -0.0143. The van der Waals surface area contributed by atoms with Crippen LogP contribution in [0.25, 0.3) is 11.1 Å². The molecule has 0 N–H and O–H groups in total. The third-order valence-corrected chi connectivity index (χ3v) is 4.48. The number of pyridine rings is 1. The maximum absolute atomic E-state index is 12.7. The highest BCUT2D eigenvalue weighted by Crippen LogP contribution is 2.29. The summed E-state index contributed by atoms with van der Waals surface area (Å²) in [5, 5.41) is 0. The van der Waals surface area contributed by atoms with E-state index in [1.54, 1.807) is 6.07 Å². The molecule has 1 fully saturated rings. The standard InChI is InChI=1S/C19H19N3O2/c1-13-6-4-9-16(20-13)19(23)22-11-5-7-14(12-22)18-21-15-8-2-3-10-17(15)24-18/h2-4,6,8-10,14H,5,7,11-12H2,1H3. The van der Waals surface area contributed by atoms with Gasteiger partial charge in [-0.25, -0.2) is 9.97 Å². The normalized spacial score (nSPS) is 18.0. The second kappa shape index (κ2) is 6.07. The van der Waals surface area contributed by atoms with Gasteiger partial charge in [0.15, 0.2) is 11.5 Å². The van der Waals surface area contributed by atoms with Crippen molar-refractivity contribution >= 4 is 17.0 Å². The molecule has 1 amide bonds. The zero-order valence-corrected chi connectivity index (χ0v) is 13.6. The Hall–Kier alpha value is -2.69. The number of carbonyl (C=O) groups excluding carboxylic acids is 1. The molecule has 1 aliphatic heterocycles. The van der Waals surface area contributed by atoms with Gasteiger partial charge < -0.3 is 9.32 Å². The molecule has 1 unspecified atom stereocenters. The summed E-state index contributed by atoms with van der Waals surface area (Å²) in [5.41, 5.74) is 3.04. The monoisotopic (exact) mass is 321 g/mol. The van der Waals surface area contributed by atoms with Crippen LogP contribution in [0.2, 0.25) is 0 Å². The zero-order chi connectivity index (χ0) is 16.5. The van der Waals surface area contributed by atoms with Gasteiger partial charge in [-0.3, -0.25) is 4.79 Å². The van der Waals surface area contributed by atoms with Gasteiger partial charge >= 0.3 is 0 Å². The maximum Gasteiger partial charge on any atom is 0.272 e. The predicted octanol–water partition coefficient (Wildman–Crippen LogP) is 3.55. The van der Waals surface area contributed by atoms with Crippen molar-refractivity contribution < 1.29 is 9.21 Å². The third kappa shape index (κ3) is 2.77. The molecule has 0 spiro atoms. The van der Waals surface area contributed by atoms with E-state index in [4.69, 9.17) is 4.42 Å². The van der Waals surface area contributed by atoms with E-state index >= 15 is 0 Å². The van der Waals surface area contributed by atoms with Gasteiger partial charge in [0.05, 0.1) is 5.92 Å². The number of likely N-dealkylation sites (tertiary alicyclic amines) is 1. The summed E-state index contributed by atoms with van der Waals surface area (Å²) in [4.78, 5) is 23.5. The molecule has 5 heteroatoms. The number of amides is 1. The van der Waals surface area contributed by atoms with Crippen LogP contribution in [-0.2, 0) is 0 Å². The van der Waals surface area contributed by atoms with Gasteiger partial charge in [0, 0.05) is 18.8 Å². The van der Waals surface area contributed by atoms with Crippen molar-refractivity contribution in [3.63, 3.8) is 0 Å².